The number of hydrogen-bond acceptors (Lipinski definition) is 5. The van der Waals surface area contributed by atoms with Gasteiger partial charge in [-0.25, -0.2) is 4.98 Å². The molecule has 0 aliphatic carbocycles. The van der Waals surface area contributed by atoms with Gasteiger partial charge in [-0.15, -0.1) is 0 Å². The molecule has 1 aliphatic rings. The molecule has 1 aromatic heterocycles. The van der Waals surface area contributed by atoms with Crippen LogP contribution in [0.25, 0.3) is 0 Å². The number of pyridine rings is 1. The molecule has 0 saturated carbocycles. The van der Waals surface area contributed by atoms with E-state index in [9.17, 15) is 4.79 Å². The van der Waals surface area contributed by atoms with E-state index in [2.05, 4.69) is 10.3 Å². The van der Waals surface area contributed by atoms with Crippen LogP contribution in [0.4, 0.5) is 0 Å². The molecule has 6 heteroatoms. The van der Waals surface area contributed by atoms with E-state index in [1.165, 1.54) is 0 Å². The van der Waals surface area contributed by atoms with Gasteiger partial charge in [0.15, 0.2) is 0 Å². The Morgan fingerprint density at radius 1 is 1.50 bits per heavy atom. The van der Waals surface area contributed by atoms with Crippen molar-refractivity contribution in [3.8, 4) is 5.88 Å². The van der Waals surface area contributed by atoms with Gasteiger partial charge in [0.25, 0.3) is 0 Å². The van der Waals surface area contributed by atoms with E-state index in [4.69, 9.17) is 15.2 Å². The van der Waals surface area contributed by atoms with Crippen LogP contribution >= 0.6 is 0 Å². The standard InChI is InChI=1S/C14H21N3O3/c1-19-12-3-2-11(8-16-12)9-17-13(18)14(10-15)4-6-20-7-5-14/h2-3,8H,4-7,9-10,15H2,1H3,(H,17,18). The maximum atomic E-state index is 12.4. The molecule has 6 nitrogen and oxygen atoms in total. The molecule has 1 amide bonds. The smallest absolute Gasteiger partial charge is 0.227 e. The van der Waals surface area contributed by atoms with Crippen LogP contribution in [0.15, 0.2) is 18.3 Å². The van der Waals surface area contributed by atoms with Gasteiger partial charge in [-0.1, -0.05) is 6.07 Å². The average molecular weight is 279 g/mol. The first-order chi connectivity index (χ1) is 9.70. The molecular formula is C14H21N3O3. The summed E-state index contributed by atoms with van der Waals surface area (Å²) in [5, 5.41) is 2.94. The lowest BCUT2D eigenvalue weighted by molar-refractivity contribution is -0.136. The lowest BCUT2D eigenvalue weighted by Crippen LogP contribution is -2.48. The highest BCUT2D eigenvalue weighted by molar-refractivity contribution is 5.83. The number of rotatable bonds is 5. The predicted molar refractivity (Wildman–Crippen MR) is 74.2 cm³/mol. The van der Waals surface area contributed by atoms with Gasteiger partial charge in [-0.05, 0) is 18.4 Å². The van der Waals surface area contributed by atoms with Gasteiger partial charge in [0, 0.05) is 38.6 Å². The summed E-state index contributed by atoms with van der Waals surface area (Å²) in [5.41, 5.74) is 6.24. The van der Waals surface area contributed by atoms with Crippen LogP contribution in [0.5, 0.6) is 5.88 Å². The molecule has 1 aromatic rings. The Labute approximate surface area is 118 Å². The van der Waals surface area contributed by atoms with Crippen molar-refractivity contribution >= 4 is 5.91 Å². The maximum absolute atomic E-state index is 12.4. The topological polar surface area (TPSA) is 86.5 Å². The zero-order chi connectivity index (χ0) is 14.4. The quantitative estimate of drug-likeness (QED) is 0.818. The first-order valence-corrected chi connectivity index (χ1v) is 6.75. The molecule has 2 rings (SSSR count). The highest BCUT2D eigenvalue weighted by Crippen LogP contribution is 2.29. The van der Waals surface area contributed by atoms with Gasteiger partial charge in [0.1, 0.15) is 0 Å². The van der Waals surface area contributed by atoms with Crippen molar-refractivity contribution in [2.75, 3.05) is 26.9 Å². The SMILES string of the molecule is COc1ccc(CNC(=O)C2(CN)CCOCC2)cn1. The predicted octanol–water partition coefficient (Wildman–Crippen LogP) is 0.462. The van der Waals surface area contributed by atoms with Crippen molar-refractivity contribution in [2.45, 2.75) is 19.4 Å². The Balaban J connectivity index is 1.93. The van der Waals surface area contributed by atoms with Crippen molar-refractivity contribution in [2.24, 2.45) is 11.1 Å². The minimum absolute atomic E-state index is 0.000817. The fourth-order valence-corrected chi connectivity index (χ4v) is 2.29. The fourth-order valence-electron chi connectivity index (χ4n) is 2.29. The highest BCUT2D eigenvalue weighted by Gasteiger charge is 2.38. The van der Waals surface area contributed by atoms with E-state index < -0.39 is 5.41 Å². The van der Waals surface area contributed by atoms with Gasteiger partial charge in [-0.2, -0.15) is 0 Å². The molecule has 110 valence electrons. The number of nitrogens with zero attached hydrogens (tertiary/aromatic N) is 1. The van der Waals surface area contributed by atoms with E-state index in [0.717, 1.165) is 5.56 Å². The number of nitrogens with one attached hydrogen (secondary N) is 1. The molecule has 0 spiro atoms. The van der Waals surface area contributed by atoms with Crippen molar-refractivity contribution in [1.82, 2.24) is 10.3 Å². The second-order valence-corrected chi connectivity index (χ2v) is 4.99. The van der Waals surface area contributed by atoms with Crippen LogP contribution < -0.4 is 15.8 Å². The largest absolute Gasteiger partial charge is 0.481 e. The molecule has 1 aliphatic heterocycles. The van der Waals surface area contributed by atoms with E-state index in [1.807, 2.05) is 6.07 Å². The Hall–Kier alpha value is -1.66. The summed E-state index contributed by atoms with van der Waals surface area (Å²) in [6.07, 6.45) is 3.05. The molecule has 0 bridgehead atoms. The first kappa shape index (κ1) is 14.7. The Kier molecular flexibility index (Phi) is 4.92. The summed E-state index contributed by atoms with van der Waals surface area (Å²) in [5.74, 6) is 0.557. The molecular weight excluding hydrogens is 258 g/mol. The van der Waals surface area contributed by atoms with Crippen molar-refractivity contribution in [3.05, 3.63) is 23.9 Å². The number of hydrogen-bond donors (Lipinski definition) is 2. The Bertz CT molecular complexity index is 441. The zero-order valence-electron chi connectivity index (χ0n) is 11.7. The molecule has 3 N–H and O–H groups in total. The molecule has 0 aromatic carbocycles. The molecule has 2 heterocycles. The van der Waals surface area contributed by atoms with Gasteiger partial charge in [0.2, 0.25) is 11.8 Å². The van der Waals surface area contributed by atoms with Crippen LogP contribution in [0, 0.1) is 5.41 Å². The third kappa shape index (κ3) is 3.26. The third-order valence-electron chi connectivity index (χ3n) is 3.78. The number of aromatic nitrogens is 1. The van der Waals surface area contributed by atoms with Gasteiger partial charge >= 0.3 is 0 Å². The van der Waals surface area contributed by atoms with Gasteiger partial charge < -0.3 is 20.5 Å². The number of ether oxygens (including phenoxy) is 2. The summed E-state index contributed by atoms with van der Waals surface area (Å²) in [4.78, 5) is 16.5. The maximum Gasteiger partial charge on any atom is 0.227 e. The van der Waals surface area contributed by atoms with E-state index in [-0.39, 0.29) is 5.91 Å². The Morgan fingerprint density at radius 2 is 2.25 bits per heavy atom. The molecule has 0 radical (unpaired) electrons. The first-order valence-electron chi connectivity index (χ1n) is 6.75. The summed E-state index contributed by atoms with van der Waals surface area (Å²) in [6, 6.07) is 3.65. The summed E-state index contributed by atoms with van der Waals surface area (Å²) < 4.78 is 10.3. The van der Waals surface area contributed by atoms with Crippen molar-refractivity contribution in [3.63, 3.8) is 0 Å². The van der Waals surface area contributed by atoms with E-state index in [1.54, 1.807) is 19.4 Å². The summed E-state index contributed by atoms with van der Waals surface area (Å²) >= 11 is 0. The normalized spacial score (nSPS) is 17.5. The lowest BCUT2D eigenvalue weighted by Gasteiger charge is -2.34. The van der Waals surface area contributed by atoms with Crippen LogP contribution in [0.3, 0.4) is 0 Å². The number of carbonyl (C=O) groups is 1. The van der Waals surface area contributed by atoms with E-state index >= 15 is 0 Å². The average Bonchev–Trinajstić information content (AvgIpc) is 2.53. The third-order valence-corrected chi connectivity index (χ3v) is 3.78. The monoisotopic (exact) mass is 279 g/mol. The molecule has 0 atom stereocenters. The summed E-state index contributed by atoms with van der Waals surface area (Å²) in [6.45, 7) is 1.98. The number of amides is 1. The number of carbonyl (C=O) groups excluding carboxylic acids is 1. The van der Waals surface area contributed by atoms with Crippen LogP contribution in [-0.4, -0.2) is 37.8 Å². The Morgan fingerprint density at radius 3 is 2.80 bits per heavy atom. The molecule has 1 fully saturated rings. The minimum Gasteiger partial charge on any atom is -0.481 e. The number of nitrogens with two attached hydrogens (primary N) is 1. The highest BCUT2D eigenvalue weighted by atomic mass is 16.5. The van der Waals surface area contributed by atoms with Crippen molar-refractivity contribution < 1.29 is 14.3 Å². The molecule has 20 heavy (non-hydrogen) atoms. The lowest BCUT2D eigenvalue weighted by atomic mass is 9.79. The van der Waals surface area contributed by atoms with Crippen molar-refractivity contribution in [1.29, 1.82) is 0 Å². The number of methoxy groups -OCH3 is 1. The summed E-state index contributed by atoms with van der Waals surface area (Å²) in [7, 11) is 1.57. The molecule has 0 unspecified atom stereocenters. The second kappa shape index (κ2) is 6.67. The molecule has 1 saturated heterocycles. The fraction of sp³-hybridized carbons (Fsp3) is 0.571. The van der Waals surface area contributed by atoms with E-state index in [0.29, 0.717) is 45.0 Å². The van der Waals surface area contributed by atoms with Crippen LogP contribution in [0.1, 0.15) is 18.4 Å². The van der Waals surface area contributed by atoms with Gasteiger partial charge in [0.05, 0.1) is 12.5 Å². The minimum atomic E-state index is -0.488. The van der Waals surface area contributed by atoms with Crippen LogP contribution in [-0.2, 0) is 16.1 Å². The second-order valence-electron chi connectivity index (χ2n) is 4.99. The van der Waals surface area contributed by atoms with Crippen LogP contribution in [0.2, 0.25) is 0 Å². The zero-order valence-corrected chi connectivity index (χ0v) is 11.7. The van der Waals surface area contributed by atoms with Gasteiger partial charge in [-0.3, -0.25) is 4.79 Å².